The molecule has 12 heavy (non-hydrogen) atoms. The van der Waals surface area contributed by atoms with Crippen LogP contribution >= 0.6 is 21.6 Å². The Morgan fingerprint density at radius 3 is 3.00 bits per heavy atom. The maximum atomic E-state index is 10.9. The number of carbonyl (C=O) groups is 1. The molecule has 0 spiro atoms. The first-order valence-electron chi connectivity index (χ1n) is 3.61. The van der Waals surface area contributed by atoms with Gasteiger partial charge in [-0.05, 0) is 33.7 Å². The van der Waals surface area contributed by atoms with Gasteiger partial charge in [0.25, 0.3) is 0 Å². The van der Waals surface area contributed by atoms with Crippen LogP contribution in [0.15, 0.2) is 29.4 Å². The third-order valence-corrected chi connectivity index (χ3v) is 3.44. The minimum atomic E-state index is 0.186. The van der Waals surface area contributed by atoms with Crippen molar-refractivity contribution in [3.05, 3.63) is 24.4 Å². The van der Waals surface area contributed by atoms with E-state index in [1.165, 1.54) is 21.6 Å². The molecule has 0 unspecified atom stereocenters. The molecule has 0 aromatic carbocycles. The molecule has 0 saturated heterocycles. The van der Waals surface area contributed by atoms with Gasteiger partial charge in [0, 0.05) is 12.6 Å². The third kappa shape index (κ3) is 3.28. The highest BCUT2D eigenvalue weighted by Crippen LogP contribution is 2.30. The summed E-state index contributed by atoms with van der Waals surface area (Å²) in [7, 11) is 2.65. The summed E-state index contributed by atoms with van der Waals surface area (Å²) in [5.41, 5.74) is 0. The number of aromatic nitrogens is 1. The van der Waals surface area contributed by atoms with E-state index in [-0.39, 0.29) is 5.12 Å². The summed E-state index contributed by atoms with van der Waals surface area (Å²) >= 11 is 0. The van der Waals surface area contributed by atoms with Gasteiger partial charge in [-0.15, -0.1) is 0 Å². The van der Waals surface area contributed by atoms with Crippen LogP contribution in [0, 0.1) is 0 Å². The van der Waals surface area contributed by atoms with Gasteiger partial charge in [-0.2, -0.15) is 0 Å². The molecule has 0 radical (unpaired) electrons. The molecule has 1 heterocycles. The fourth-order valence-electron chi connectivity index (χ4n) is 0.544. The van der Waals surface area contributed by atoms with Gasteiger partial charge in [0.15, 0.2) is 5.12 Å². The first kappa shape index (κ1) is 9.61. The molecule has 1 aromatic rings. The second-order valence-electron chi connectivity index (χ2n) is 2.06. The van der Waals surface area contributed by atoms with Crippen molar-refractivity contribution in [2.24, 2.45) is 0 Å². The SMILES string of the molecule is CCC(=O)SSc1ccccn1. The van der Waals surface area contributed by atoms with Crippen LogP contribution < -0.4 is 0 Å². The molecular weight excluding hydrogens is 190 g/mol. The third-order valence-electron chi connectivity index (χ3n) is 1.15. The lowest BCUT2D eigenvalue weighted by molar-refractivity contribution is -0.110. The number of nitrogens with zero attached hydrogens (tertiary/aromatic N) is 1. The molecule has 0 bridgehead atoms. The van der Waals surface area contributed by atoms with E-state index in [0.717, 1.165) is 5.03 Å². The van der Waals surface area contributed by atoms with Crippen molar-refractivity contribution in [1.82, 2.24) is 4.98 Å². The first-order valence-corrected chi connectivity index (χ1v) is 5.76. The molecule has 0 aliphatic rings. The molecule has 0 saturated carbocycles. The molecule has 0 N–H and O–H groups in total. The lowest BCUT2D eigenvalue weighted by atomic mass is 10.5. The Morgan fingerprint density at radius 2 is 2.42 bits per heavy atom. The van der Waals surface area contributed by atoms with Crippen LogP contribution in [0.25, 0.3) is 0 Å². The van der Waals surface area contributed by atoms with Crippen molar-refractivity contribution in [2.45, 2.75) is 18.4 Å². The molecule has 0 amide bonds. The summed E-state index contributed by atoms with van der Waals surface area (Å²) in [6, 6.07) is 5.66. The zero-order valence-corrected chi connectivity index (χ0v) is 8.32. The van der Waals surface area contributed by atoms with Gasteiger partial charge in [0.1, 0.15) is 5.03 Å². The highest BCUT2D eigenvalue weighted by molar-refractivity contribution is 8.82. The molecule has 0 aliphatic heterocycles. The topological polar surface area (TPSA) is 30.0 Å². The molecule has 64 valence electrons. The largest absolute Gasteiger partial charge is 0.286 e. The Bertz CT molecular complexity index is 250. The molecule has 0 atom stereocenters. The lowest BCUT2D eigenvalue weighted by Crippen LogP contribution is -1.83. The van der Waals surface area contributed by atoms with Crippen LogP contribution in [0.3, 0.4) is 0 Å². The monoisotopic (exact) mass is 199 g/mol. The number of carbonyl (C=O) groups excluding carboxylic acids is 1. The zero-order valence-electron chi connectivity index (χ0n) is 6.69. The first-order chi connectivity index (χ1) is 5.83. The highest BCUT2D eigenvalue weighted by atomic mass is 33.1. The minimum Gasteiger partial charge on any atom is -0.286 e. The number of hydrogen-bond donors (Lipinski definition) is 0. The van der Waals surface area contributed by atoms with E-state index in [9.17, 15) is 4.79 Å². The van der Waals surface area contributed by atoms with Gasteiger partial charge in [0.05, 0.1) is 0 Å². The summed E-state index contributed by atoms with van der Waals surface area (Å²) in [6.07, 6.45) is 2.30. The van der Waals surface area contributed by atoms with Crippen molar-refractivity contribution in [3.63, 3.8) is 0 Å². The van der Waals surface area contributed by atoms with E-state index in [1.54, 1.807) is 6.20 Å². The number of hydrogen-bond acceptors (Lipinski definition) is 4. The highest BCUT2D eigenvalue weighted by Gasteiger charge is 2.00. The van der Waals surface area contributed by atoms with Gasteiger partial charge in [0.2, 0.25) is 0 Å². The molecular formula is C8H9NOS2. The number of rotatable bonds is 3. The van der Waals surface area contributed by atoms with Crippen LogP contribution in [0.5, 0.6) is 0 Å². The van der Waals surface area contributed by atoms with E-state index in [1.807, 2.05) is 25.1 Å². The van der Waals surface area contributed by atoms with E-state index in [2.05, 4.69) is 4.98 Å². The lowest BCUT2D eigenvalue weighted by Gasteiger charge is -1.95. The number of pyridine rings is 1. The van der Waals surface area contributed by atoms with Gasteiger partial charge in [-0.1, -0.05) is 13.0 Å². The summed E-state index contributed by atoms with van der Waals surface area (Å²) in [6.45, 7) is 1.86. The van der Waals surface area contributed by atoms with Gasteiger partial charge in [-0.25, -0.2) is 4.98 Å². The van der Waals surface area contributed by atoms with Crippen LogP contribution in [-0.2, 0) is 4.79 Å². The Morgan fingerprint density at radius 1 is 1.58 bits per heavy atom. The van der Waals surface area contributed by atoms with Crippen LogP contribution in [-0.4, -0.2) is 10.1 Å². The van der Waals surface area contributed by atoms with Gasteiger partial charge in [-0.3, -0.25) is 4.79 Å². The summed E-state index contributed by atoms with van der Waals surface area (Å²) in [5.74, 6) is 0. The average Bonchev–Trinajstić information content (AvgIpc) is 2.16. The van der Waals surface area contributed by atoms with Crippen molar-refractivity contribution in [1.29, 1.82) is 0 Å². The molecule has 4 heteroatoms. The zero-order chi connectivity index (χ0) is 8.81. The summed E-state index contributed by atoms with van der Waals surface area (Å²) in [5, 5.41) is 1.06. The Hall–Kier alpha value is -0.480. The van der Waals surface area contributed by atoms with Crippen molar-refractivity contribution < 1.29 is 4.79 Å². The second kappa shape index (κ2) is 5.22. The smallest absolute Gasteiger partial charge is 0.199 e. The predicted octanol–water partition coefficient (Wildman–Crippen LogP) is 2.76. The second-order valence-corrected chi connectivity index (χ2v) is 4.27. The Labute approximate surface area is 79.6 Å². The summed E-state index contributed by atoms with van der Waals surface area (Å²) in [4.78, 5) is 15.0. The molecule has 1 aromatic heterocycles. The van der Waals surface area contributed by atoms with E-state index >= 15 is 0 Å². The fourth-order valence-corrected chi connectivity index (χ4v) is 2.26. The van der Waals surface area contributed by atoms with Gasteiger partial charge >= 0.3 is 0 Å². The predicted molar refractivity (Wildman–Crippen MR) is 53.0 cm³/mol. The van der Waals surface area contributed by atoms with Gasteiger partial charge < -0.3 is 0 Å². The minimum absolute atomic E-state index is 0.186. The fraction of sp³-hybridized carbons (Fsp3) is 0.250. The van der Waals surface area contributed by atoms with Crippen molar-refractivity contribution in [3.8, 4) is 0 Å². The normalized spacial score (nSPS) is 9.75. The van der Waals surface area contributed by atoms with Crippen molar-refractivity contribution >= 4 is 26.7 Å². The maximum Gasteiger partial charge on any atom is 0.199 e. The van der Waals surface area contributed by atoms with Crippen LogP contribution in [0.1, 0.15) is 13.3 Å². The maximum absolute atomic E-state index is 10.9. The van der Waals surface area contributed by atoms with E-state index in [0.29, 0.717) is 6.42 Å². The molecule has 0 fully saturated rings. The Kier molecular flexibility index (Phi) is 4.18. The van der Waals surface area contributed by atoms with E-state index in [4.69, 9.17) is 0 Å². The van der Waals surface area contributed by atoms with Crippen LogP contribution in [0.2, 0.25) is 0 Å². The standard InChI is InChI=1S/C8H9NOS2/c1-2-8(10)12-11-7-5-3-4-6-9-7/h3-6H,2H2,1H3. The van der Waals surface area contributed by atoms with Crippen molar-refractivity contribution in [2.75, 3.05) is 0 Å². The molecule has 1 rings (SSSR count). The van der Waals surface area contributed by atoms with E-state index < -0.39 is 0 Å². The average molecular weight is 199 g/mol. The molecule has 0 aliphatic carbocycles. The van der Waals surface area contributed by atoms with Crippen LogP contribution in [0.4, 0.5) is 0 Å². The quantitative estimate of drug-likeness (QED) is 0.700. The Balaban J connectivity index is 2.38. The molecule has 2 nitrogen and oxygen atoms in total. The summed E-state index contributed by atoms with van der Waals surface area (Å²) < 4.78 is 0.